The Morgan fingerprint density at radius 2 is 2.00 bits per heavy atom. The van der Waals surface area contributed by atoms with Gasteiger partial charge in [-0.25, -0.2) is 8.42 Å². The Kier molecular flexibility index (Phi) is 3.82. The van der Waals surface area contributed by atoms with E-state index in [9.17, 15) is 13.2 Å². The summed E-state index contributed by atoms with van der Waals surface area (Å²) in [5, 5.41) is 6.93. The predicted octanol–water partition coefficient (Wildman–Crippen LogP) is 0.458. The summed E-state index contributed by atoms with van der Waals surface area (Å²) in [6.45, 7) is 3.10. The molecular weight excluding hydrogens is 190 g/mol. The highest BCUT2D eigenvalue weighted by Gasteiger charge is 2.28. The second-order valence-corrected chi connectivity index (χ2v) is 4.81. The maximum Gasteiger partial charge on any atom is 0.209 e. The van der Waals surface area contributed by atoms with Gasteiger partial charge in [0.15, 0.2) is 15.6 Å². The maximum absolute atomic E-state index is 11.3. The average Bonchev–Trinajstić information content (AvgIpc) is 2.01. The van der Waals surface area contributed by atoms with Crippen LogP contribution in [0.5, 0.6) is 0 Å². The lowest BCUT2D eigenvalue weighted by Gasteiger charge is -2.04. The second kappa shape index (κ2) is 4.19. The third kappa shape index (κ3) is 2.99. The van der Waals surface area contributed by atoms with Crippen LogP contribution in [-0.2, 0) is 14.6 Å². The molecule has 0 rings (SSSR count). The largest absolute Gasteiger partial charge is 0.292 e. The zero-order chi connectivity index (χ0) is 10.6. The zero-order valence-electron chi connectivity index (χ0n) is 7.73. The van der Waals surface area contributed by atoms with Gasteiger partial charge in [-0.15, -0.1) is 0 Å². The van der Waals surface area contributed by atoms with Gasteiger partial charge in [0.2, 0.25) is 5.25 Å². The van der Waals surface area contributed by atoms with Crippen molar-refractivity contribution in [3.63, 3.8) is 0 Å². The van der Waals surface area contributed by atoms with Crippen molar-refractivity contribution in [2.75, 3.05) is 6.26 Å². The van der Waals surface area contributed by atoms with Crippen LogP contribution in [0.2, 0.25) is 0 Å². The van der Waals surface area contributed by atoms with Gasteiger partial charge in [-0.2, -0.15) is 5.26 Å². The number of Topliss-reactive ketones (excluding diaryl/α,β-unsaturated/α-hetero) is 1. The number of hydrogen-bond donors (Lipinski definition) is 0. The molecule has 0 aromatic heterocycles. The van der Waals surface area contributed by atoms with Crippen LogP contribution < -0.4 is 0 Å². The number of rotatable bonds is 3. The van der Waals surface area contributed by atoms with Crippen LogP contribution >= 0.6 is 0 Å². The first kappa shape index (κ1) is 11.8. The van der Waals surface area contributed by atoms with Crippen LogP contribution in [0.25, 0.3) is 0 Å². The molecule has 0 aliphatic rings. The Balaban J connectivity index is 5.09. The summed E-state index contributed by atoms with van der Waals surface area (Å²) in [6, 6.07) is 1.48. The number of sulfone groups is 1. The van der Waals surface area contributed by atoms with Crippen molar-refractivity contribution in [1.82, 2.24) is 0 Å². The molecule has 0 aliphatic heterocycles. The summed E-state index contributed by atoms with van der Waals surface area (Å²) in [5.74, 6) is -0.646. The van der Waals surface area contributed by atoms with Gasteiger partial charge in [0.25, 0.3) is 0 Å². The van der Waals surface area contributed by atoms with E-state index in [-0.39, 0.29) is 5.57 Å². The van der Waals surface area contributed by atoms with Crippen LogP contribution in [0, 0.1) is 11.3 Å². The molecule has 0 N–H and O–H groups in total. The first-order valence-electron chi connectivity index (χ1n) is 3.60. The number of allylic oxidation sites excluding steroid dienone is 2. The molecule has 13 heavy (non-hydrogen) atoms. The Morgan fingerprint density at radius 3 is 2.23 bits per heavy atom. The van der Waals surface area contributed by atoms with Crippen molar-refractivity contribution in [2.45, 2.75) is 19.1 Å². The molecule has 72 valence electrons. The van der Waals surface area contributed by atoms with Crippen LogP contribution in [0.4, 0.5) is 0 Å². The molecule has 1 unspecified atom stereocenters. The SMILES string of the molecule is C/C=C(/C)C(=O)C(C#N)S(C)(=O)=O. The van der Waals surface area contributed by atoms with E-state index in [2.05, 4.69) is 0 Å². The van der Waals surface area contributed by atoms with Gasteiger partial charge in [0.05, 0.1) is 6.07 Å². The number of nitriles is 1. The first-order valence-corrected chi connectivity index (χ1v) is 5.55. The average molecular weight is 201 g/mol. The topological polar surface area (TPSA) is 75.0 Å². The van der Waals surface area contributed by atoms with Crippen molar-refractivity contribution < 1.29 is 13.2 Å². The van der Waals surface area contributed by atoms with Gasteiger partial charge < -0.3 is 0 Å². The van der Waals surface area contributed by atoms with Crippen LogP contribution in [0.15, 0.2) is 11.6 Å². The summed E-state index contributed by atoms with van der Waals surface area (Å²) >= 11 is 0. The maximum atomic E-state index is 11.3. The summed E-state index contributed by atoms with van der Waals surface area (Å²) in [7, 11) is -3.62. The van der Waals surface area contributed by atoms with Gasteiger partial charge in [-0.05, 0) is 19.4 Å². The number of ketones is 1. The number of hydrogen-bond acceptors (Lipinski definition) is 4. The number of carbonyl (C=O) groups is 1. The van der Waals surface area contributed by atoms with E-state index in [1.165, 1.54) is 19.1 Å². The number of carbonyl (C=O) groups excluding carboxylic acids is 1. The minimum Gasteiger partial charge on any atom is -0.292 e. The first-order chi connectivity index (χ1) is 5.84. The normalized spacial score (nSPS) is 14.8. The zero-order valence-corrected chi connectivity index (χ0v) is 8.55. The smallest absolute Gasteiger partial charge is 0.209 e. The molecule has 0 aromatic carbocycles. The van der Waals surface area contributed by atoms with E-state index in [1.54, 1.807) is 6.92 Å². The Morgan fingerprint density at radius 1 is 1.54 bits per heavy atom. The van der Waals surface area contributed by atoms with Gasteiger partial charge in [-0.1, -0.05) is 6.08 Å². The fraction of sp³-hybridized carbons (Fsp3) is 0.500. The molecule has 0 amide bonds. The fourth-order valence-electron chi connectivity index (χ4n) is 0.698. The second-order valence-electron chi connectivity index (χ2n) is 2.67. The van der Waals surface area contributed by atoms with E-state index in [1.807, 2.05) is 0 Å². The quantitative estimate of drug-likeness (QED) is 0.621. The van der Waals surface area contributed by atoms with Crippen molar-refractivity contribution in [3.8, 4) is 6.07 Å². The monoisotopic (exact) mass is 201 g/mol. The molecule has 0 fully saturated rings. The summed E-state index contributed by atoms with van der Waals surface area (Å²) in [4.78, 5) is 11.3. The van der Waals surface area contributed by atoms with E-state index < -0.39 is 20.9 Å². The third-order valence-electron chi connectivity index (χ3n) is 1.61. The highest BCUT2D eigenvalue weighted by atomic mass is 32.2. The molecule has 0 spiro atoms. The molecule has 0 aromatic rings. The number of nitrogens with zero attached hydrogens (tertiary/aromatic N) is 1. The molecule has 0 radical (unpaired) electrons. The van der Waals surface area contributed by atoms with Gasteiger partial charge in [0, 0.05) is 6.26 Å². The molecular formula is C8H11NO3S. The van der Waals surface area contributed by atoms with Gasteiger partial charge in [0.1, 0.15) is 0 Å². The van der Waals surface area contributed by atoms with Crippen molar-refractivity contribution >= 4 is 15.6 Å². The molecule has 0 saturated carbocycles. The lowest BCUT2D eigenvalue weighted by atomic mass is 10.1. The molecule has 5 heteroatoms. The van der Waals surface area contributed by atoms with Gasteiger partial charge in [-0.3, -0.25) is 4.79 Å². The van der Waals surface area contributed by atoms with Crippen LogP contribution in [-0.4, -0.2) is 25.7 Å². The molecule has 0 aliphatic carbocycles. The van der Waals surface area contributed by atoms with E-state index in [0.29, 0.717) is 0 Å². The Hall–Kier alpha value is -1.15. The molecule has 0 saturated heterocycles. The van der Waals surface area contributed by atoms with E-state index in [4.69, 9.17) is 5.26 Å². The van der Waals surface area contributed by atoms with Crippen molar-refractivity contribution in [3.05, 3.63) is 11.6 Å². The Labute approximate surface area is 77.8 Å². The summed E-state index contributed by atoms with van der Waals surface area (Å²) < 4.78 is 21.9. The molecule has 4 nitrogen and oxygen atoms in total. The molecule has 1 atom stereocenters. The highest BCUT2D eigenvalue weighted by Crippen LogP contribution is 2.06. The summed E-state index contributed by atoms with van der Waals surface area (Å²) in [5.41, 5.74) is 0.289. The van der Waals surface area contributed by atoms with E-state index in [0.717, 1.165) is 6.26 Å². The molecule has 0 heterocycles. The highest BCUT2D eigenvalue weighted by molar-refractivity contribution is 7.92. The Bertz CT molecular complexity index is 373. The fourth-order valence-corrected chi connectivity index (χ4v) is 1.46. The minimum atomic E-state index is -3.62. The van der Waals surface area contributed by atoms with Crippen molar-refractivity contribution in [2.24, 2.45) is 0 Å². The summed E-state index contributed by atoms with van der Waals surface area (Å²) in [6.07, 6.45) is 2.36. The molecule has 0 bridgehead atoms. The van der Waals surface area contributed by atoms with Crippen molar-refractivity contribution in [1.29, 1.82) is 5.26 Å². The lowest BCUT2D eigenvalue weighted by molar-refractivity contribution is -0.114. The minimum absolute atomic E-state index is 0.289. The third-order valence-corrected chi connectivity index (χ3v) is 2.78. The standard InChI is InChI=1S/C8H11NO3S/c1-4-6(2)8(10)7(5-9)13(3,11)12/h4,7H,1-3H3/b6-4-. The van der Waals surface area contributed by atoms with Crippen LogP contribution in [0.1, 0.15) is 13.8 Å². The lowest BCUT2D eigenvalue weighted by Crippen LogP contribution is -2.28. The van der Waals surface area contributed by atoms with Gasteiger partial charge >= 0.3 is 0 Å². The van der Waals surface area contributed by atoms with E-state index >= 15 is 0 Å². The predicted molar refractivity (Wildman–Crippen MR) is 48.7 cm³/mol. The van der Waals surface area contributed by atoms with Crippen LogP contribution in [0.3, 0.4) is 0 Å².